The van der Waals surface area contributed by atoms with Crippen molar-refractivity contribution in [2.24, 2.45) is 22.7 Å². The summed E-state index contributed by atoms with van der Waals surface area (Å²) in [4.78, 5) is 4.64. The molecule has 2 heterocycles. The number of fused-ring (bicyclic) bond motifs is 2. The van der Waals surface area contributed by atoms with E-state index in [1.165, 1.54) is 36.0 Å². The van der Waals surface area contributed by atoms with Crippen molar-refractivity contribution >= 4 is 0 Å². The van der Waals surface area contributed by atoms with Gasteiger partial charge in [0.15, 0.2) is 11.5 Å². The third kappa shape index (κ3) is 3.92. The minimum Gasteiger partial charge on any atom is -0.504 e. The number of aliphatic hydroxyl groups excluding tert-OH is 1. The number of benzene rings is 2. The molecule has 2 saturated carbocycles. The van der Waals surface area contributed by atoms with Gasteiger partial charge in [-0.25, -0.2) is 0 Å². The van der Waals surface area contributed by atoms with Crippen molar-refractivity contribution in [3.05, 3.63) is 71.3 Å². The quantitative estimate of drug-likeness (QED) is 0.451. The SMILES string of the molecule is CN(C)CCO[C@]1(c2ccccc2)C[C@H]2CC[C@]1(C)C2(C)C.CN1CC[C@]23c4c5ccc(O)c4O[C@H]2[C@@H](O)C=C[C@H]3[C@H]1C5. The van der Waals surface area contributed by atoms with Gasteiger partial charge in [0.2, 0.25) is 0 Å². The van der Waals surface area contributed by atoms with Crippen LogP contribution in [0.2, 0.25) is 0 Å². The lowest BCUT2D eigenvalue weighted by Crippen LogP contribution is -2.64. The Bertz CT molecular complexity index is 1410. The molecule has 43 heavy (non-hydrogen) atoms. The van der Waals surface area contributed by atoms with E-state index in [1.807, 2.05) is 12.1 Å². The average molecular weight is 587 g/mol. The molecule has 2 aromatic rings. The van der Waals surface area contributed by atoms with Crippen LogP contribution in [0.3, 0.4) is 0 Å². The van der Waals surface area contributed by atoms with Gasteiger partial charge in [0.05, 0.1) is 12.2 Å². The van der Waals surface area contributed by atoms with Gasteiger partial charge in [-0.1, -0.05) is 69.3 Å². The summed E-state index contributed by atoms with van der Waals surface area (Å²) < 4.78 is 12.8. The first-order valence-corrected chi connectivity index (χ1v) is 16.4. The molecule has 1 spiro atoms. The van der Waals surface area contributed by atoms with E-state index >= 15 is 0 Å². The standard InChI is InChI=1S/C20H31NO.C17H19NO3/c1-18(2)17-11-12-19(18,3)20(15-17,22-14-13-21(4)5)16-9-7-6-8-10-16;1-18-7-6-17-10-3-5-13(20)16(17)21-15-12(19)4-2-9(14(15)17)8-11(10)18/h6-10,17H,11-15H2,1-5H3;2-5,10-11,13,16,19-20H,6-8H2,1H3/t17-,19-,20+;10-,11+,13-,16-,17-/m10/s1. The second-order valence-corrected chi connectivity index (χ2v) is 15.3. The number of aliphatic hydroxyl groups is 1. The largest absolute Gasteiger partial charge is 0.504 e. The summed E-state index contributed by atoms with van der Waals surface area (Å²) in [5.74, 6) is 1.96. The van der Waals surface area contributed by atoms with Crippen LogP contribution in [0.5, 0.6) is 11.5 Å². The lowest BCUT2D eigenvalue weighted by molar-refractivity contribution is -0.148. The zero-order valence-electron chi connectivity index (χ0n) is 26.8. The first kappa shape index (κ1) is 29.3. The van der Waals surface area contributed by atoms with Gasteiger partial charge < -0.3 is 29.5 Å². The molecule has 3 fully saturated rings. The Labute approximate surface area is 257 Å². The smallest absolute Gasteiger partial charge is 0.165 e. The lowest BCUT2D eigenvalue weighted by atomic mass is 9.53. The summed E-state index contributed by atoms with van der Waals surface area (Å²) >= 11 is 0. The molecule has 1 saturated heterocycles. The zero-order chi connectivity index (χ0) is 30.4. The fourth-order valence-corrected chi connectivity index (χ4v) is 10.3. The van der Waals surface area contributed by atoms with E-state index < -0.39 is 6.10 Å². The monoisotopic (exact) mass is 586 g/mol. The molecule has 2 aliphatic heterocycles. The number of rotatable bonds is 5. The molecule has 0 amide bonds. The van der Waals surface area contributed by atoms with Crippen LogP contribution in [-0.2, 0) is 22.2 Å². The number of likely N-dealkylation sites (tertiary alicyclic amines) is 1. The number of phenolic OH excluding ortho intramolecular Hbond substituents is 1. The van der Waals surface area contributed by atoms with Gasteiger partial charge in [0.25, 0.3) is 0 Å². The molecule has 2 aromatic carbocycles. The molecule has 4 aliphatic carbocycles. The van der Waals surface area contributed by atoms with Gasteiger partial charge >= 0.3 is 0 Å². The maximum Gasteiger partial charge on any atom is 0.165 e. The number of piperidine rings is 1. The predicted octanol–water partition coefficient (Wildman–Crippen LogP) is 5.50. The Morgan fingerprint density at radius 3 is 2.49 bits per heavy atom. The minimum atomic E-state index is -0.594. The first-order valence-electron chi connectivity index (χ1n) is 16.4. The fourth-order valence-electron chi connectivity index (χ4n) is 10.3. The van der Waals surface area contributed by atoms with E-state index in [-0.39, 0.29) is 28.3 Å². The third-order valence-electron chi connectivity index (χ3n) is 13.1. The Kier molecular flexibility index (Phi) is 6.87. The van der Waals surface area contributed by atoms with Crippen molar-refractivity contribution < 1.29 is 19.7 Å². The third-order valence-corrected chi connectivity index (χ3v) is 13.1. The molecule has 6 aliphatic rings. The molecule has 4 bridgehead atoms. The van der Waals surface area contributed by atoms with Crippen LogP contribution in [0, 0.1) is 22.7 Å². The maximum atomic E-state index is 10.4. The highest BCUT2D eigenvalue weighted by molar-refractivity contribution is 5.61. The van der Waals surface area contributed by atoms with Crippen molar-refractivity contribution in [1.82, 2.24) is 9.80 Å². The molecule has 0 unspecified atom stereocenters. The van der Waals surface area contributed by atoms with Crippen LogP contribution in [0.15, 0.2) is 54.6 Å². The van der Waals surface area contributed by atoms with Crippen LogP contribution in [-0.4, -0.2) is 79.1 Å². The van der Waals surface area contributed by atoms with Gasteiger partial charge in [-0.05, 0) is 88.3 Å². The number of nitrogens with zero attached hydrogens (tertiary/aromatic N) is 2. The molecule has 8 atom stereocenters. The van der Waals surface area contributed by atoms with E-state index in [2.05, 4.69) is 88.1 Å². The van der Waals surface area contributed by atoms with Crippen LogP contribution >= 0.6 is 0 Å². The van der Waals surface area contributed by atoms with Crippen molar-refractivity contribution in [3.63, 3.8) is 0 Å². The van der Waals surface area contributed by atoms with Gasteiger partial charge in [-0.2, -0.15) is 0 Å². The van der Waals surface area contributed by atoms with E-state index in [1.54, 1.807) is 6.07 Å². The molecule has 232 valence electrons. The van der Waals surface area contributed by atoms with Crippen LogP contribution in [0.1, 0.15) is 63.1 Å². The van der Waals surface area contributed by atoms with Crippen molar-refractivity contribution in [3.8, 4) is 11.5 Å². The Morgan fingerprint density at radius 1 is 1.05 bits per heavy atom. The summed E-state index contributed by atoms with van der Waals surface area (Å²) in [7, 11) is 6.42. The van der Waals surface area contributed by atoms with Gasteiger partial charge in [-0.3, -0.25) is 0 Å². The summed E-state index contributed by atoms with van der Waals surface area (Å²) in [6, 6.07) is 15.2. The maximum absolute atomic E-state index is 10.4. The minimum absolute atomic E-state index is 0.114. The molecular formula is C37H50N2O4. The van der Waals surface area contributed by atoms with Crippen LogP contribution in [0.4, 0.5) is 0 Å². The second kappa shape index (κ2) is 10.1. The molecule has 0 aromatic heterocycles. The first-order chi connectivity index (χ1) is 20.5. The lowest BCUT2D eigenvalue weighted by Gasteiger charge is -2.56. The van der Waals surface area contributed by atoms with Gasteiger partial charge in [0.1, 0.15) is 12.2 Å². The molecule has 6 nitrogen and oxygen atoms in total. The van der Waals surface area contributed by atoms with Crippen molar-refractivity contribution in [2.45, 2.75) is 82.1 Å². The molecular weight excluding hydrogens is 536 g/mol. The van der Waals surface area contributed by atoms with Crippen LogP contribution in [0.25, 0.3) is 0 Å². The summed E-state index contributed by atoms with van der Waals surface area (Å²) in [5, 5.41) is 20.6. The van der Waals surface area contributed by atoms with Gasteiger partial charge in [0, 0.05) is 34.9 Å². The number of aromatic hydroxyl groups is 1. The Morgan fingerprint density at radius 2 is 1.81 bits per heavy atom. The fraction of sp³-hybridized carbons (Fsp3) is 0.622. The summed E-state index contributed by atoms with van der Waals surface area (Å²) in [6.07, 6.45) is 8.99. The van der Waals surface area contributed by atoms with Crippen molar-refractivity contribution in [1.29, 1.82) is 0 Å². The summed E-state index contributed by atoms with van der Waals surface area (Å²) in [5.41, 5.74) is 4.13. The number of likely N-dealkylation sites (N-methyl/N-ethyl adjacent to an activating group) is 2. The van der Waals surface area contributed by atoms with Crippen molar-refractivity contribution in [2.75, 3.05) is 40.8 Å². The Balaban J connectivity index is 0.000000140. The molecule has 6 heteroatoms. The molecule has 0 radical (unpaired) electrons. The topological polar surface area (TPSA) is 65.4 Å². The highest BCUT2D eigenvalue weighted by Crippen LogP contribution is 2.73. The Hall–Kier alpha value is -2.38. The highest BCUT2D eigenvalue weighted by atomic mass is 16.5. The number of phenols is 1. The average Bonchev–Trinajstić information content (AvgIpc) is 3.51. The van der Waals surface area contributed by atoms with Crippen LogP contribution < -0.4 is 4.74 Å². The second-order valence-electron chi connectivity index (χ2n) is 15.3. The zero-order valence-corrected chi connectivity index (χ0v) is 26.8. The van der Waals surface area contributed by atoms with E-state index in [0.29, 0.717) is 23.1 Å². The number of hydrogen-bond acceptors (Lipinski definition) is 6. The molecule has 2 N–H and O–H groups in total. The van der Waals surface area contributed by atoms with E-state index in [4.69, 9.17) is 9.47 Å². The van der Waals surface area contributed by atoms with E-state index in [0.717, 1.165) is 38.5 Å². The summed E-state index contributed by atoms with van der Waals surface area (Å²) in [6.45, 7) is 10.2. The van der Waals surface area contributed by atoms with Gasteiger partial charge in [-0.15, -0.1) is 0 Å². The number of ether oxygens (including phenoxy) is 2. The number of hydrogen-bond donors (Lipinski definition) is 2. The molecule has 8 rings (SSSR count). The predicted molar refractivity (Wildman–Crippen MR) is 169 cm³/mol. The normalized spacial score (nSPS) is 39.3. The van der Waals surface area contributed by atoms with E-state index in [9.17, 15) is 10.2 Å². The highest BCUT2D eigenvalue weighted by Gasteiger charge is 2.70.